The lowest BCUT2D eigenvalue weighted by molar-refractivity contribution is 0.583. The van der Waals surface area contributed by atoms with Crippen LogP contribution in [0.25, 0.3) is 55.5 Å². The number of halogens is 6. The fraction of sp³-hybridized carbons (Fsp3) is 0.0541. The van der Waals surface area contributed by atoms with E-state index in [1.165, 1.54) is 36.9 Å². The molecule has 0 saturated heterocycles. The number of fused-ring (bicyclic) bond motifs is 3. The van der Waals surface area contributed by atoms with Gasteiger partial charge in [0.1, 0.15) is 35.1 Å². The third kappa shape index (κ3) is 7.15. The Labute approximate surface area is 297 Å². The van der Waals surface area contributed by atoms with E-state index >= 15 is 0 Å². The fourth-order valence-electron chi connectivity index (χ4n) is 5.66. The van der Waals surface area contributed by atoms with E-state index < -0.39 is 23.3 Å². The number of hydrogen-bond acceptors (Lipinski definition) is 7. The molecule has 14 heteroatoms. The Hall–Kier alpha value is -5.69. The van der Waals surface area contributed by atoms with Crippen molar-refractivity contribution in [2.24, 2.45) is 5.73 Å². The average Bonchev–Trinajstić information content (AvgIpc) is 3.60. The third-order valence-corrected chi connectivity index (χ3v) is 8.52. The molecule has 0 aliphatic rings. The number of anilines is 1. The predicted octanol–water partition coefficient (Wildman–Crippen LogP) is 9.40. The van der Waals surface area contributed by atoms with Gasteiger partial charge in [-0.2, -0.15) is 0 Å². The molecule has 4 aromatic carbocycles. The highest BCUT2D eigenvalue weighted by molar-refractivity contribution is 6.35. The van der Waals surface area contributed by atoms with Gasteiger partial charge in [0.15, 0.2) is 11.5 Å². The summed E-state index contributed by atoms with van der Waals surface area (Å²) in [4.78, 5) is 24.5. The van der Waals surface area contributed by atoms with Gasteiger partial charge >= 0.3 is 0 Å². The summed E-state index contributed by atoms with van der Waals surface area (Å²) >= 11 is 12.4. The minimum absolute atomic E-state index is 0.211. The van der Waals surface area contributed by atoms with E-state index in [0.29, 0.717) is 72.7 Å². The highest BCUT2D eigenvalue weighted by Gasteiger charge is 2.15. The molecule has 0 saturated carbocycles. The normalized spacial score (nSPS) is 11.2. The van der Waals surface area contributed by atoms with E-state index in [-0.39, 0.29) is 6.54 Å². The Balaban J connectivity index is 0.000000170. The lowest BCUT2D eigenvalue weighted by Gasteiger charge is -2.13. The van der Waals surface area contributed by atoms with Crippen molar-refractivity contribution in [1.82, 2.24) is 29.9 Å². The summed E-state index contributed by atoms with van der Waals surface area (Å²) in [6.45, 7) is 0.511. The standard InChI is InChI=1S/C21H13ClF2N6.C16H11ClF2N2/c22-16-3-1-2-11-4-13(8-25-20-19-21(27-9-26-19)29-10-28-20)17(30-18(11)16)12-5-14(23)7-15(24)6-12;17-14-3-1-2-9-4-11(8-20)15(21-16(9)14)10-5-12(18)7-13(19)6-10/h1-7,9-10H,8H2,(H2,25,26,27,28,29);1-7H,8,20H2. The van der Waals surface area contributed by atoms with Gasteiger partial charge in [0.05, 0.1) is 38.8 Å². The van der Waals surface area contributed by atoms with Crippen molar-refractivity contribution in [2.45, 2.75) is 13.1 Å². The van der Waals surface area contributed by atoms with E-state index in [1.54, 1.807) is 12.1 Å². The smallest absolute Gasteiger partial charge is 0.182 e. The van der Waals surface area contributed by atoms with Crippen LogP contribution in [0.5, 0.6) is 0 Å². The Morgan fingerprint density at radius 2 is 1.18 bits per heavy atom. The van der Waals surface area contributed by atoms with E-state index in [1.807, 2.05) is 36.4 Å². The van der Waals surface area contributed by atoms with Gasteiger partial charge in [-0.05, 0) is 59.7 Å². The number of imidazole rings is 1. The van der Waals surface area contributed by atoms with Gasteiger partial charge in [0.2, 0.25) is 0 Å². The lowest BCUT2D eigenvalue weighted by atomic mass is 10.0. The lowest BCUT2D eigenvalue weighted by Crippen LogP contribution is -2.06. The first-order valence-electron chi connectivity index (χ1n) is 15.3. The van der Waals surface area contributed by atoms with Crippen LogP contribution in [0.1, 0.15) is 11.1 Å². The Morgan fingerprint density at radius 1 is 0.647 bits per heavy atom. The number of pyridine rings is 2. The Morgan fingerprint density at radius 3 is 1.73 bits per heavy atom. The predicted molar refractivity (Wildman–Crippen MR) is 191 cm³/mol. The van der Waals surface area contributed by atoms with Gasteiger partial charge in [-0.15, -0.1) is 0 Å². The topological polar surface area (TPSA) is 118 Å². The molecule has 4 aromatic heterocycles. The molecule has 0 spiro atoms. The monoisotopic (exact) mass is 726 g/mol. The second-order valence-electron chi connectivity index (χ2n) is 11.3. The van der Waals surface area contributed by atoms with Crippen molar-refractivity contribution in [3.8, 4) is 22.5 Å². The van der Waals surface area contributed by atoms with Crippen molar-refractivity contribution in [1.29, 1.82) is 0 Å². The largest absolute Gasteiger partial charge is 0.364 e. The van der Waals surface area contributed by atoms with Crippen molar-refractivity contribution in [3.63, 3.8) is 0 Å². The van der Waals surface area contributed by atoms with Crippen LogP contribution in [0.2, 0.25) is 10.0 Å². The Kier molecular flexibility index (Phi) is 9.46. The molecular weight excluding hydrogens is 703 g/mol. The van der Waals surface area contributed by atoms with Crippen LogP contribution >= 0.6 is 23.2 Å². The van der Waals surface area contributed by atoms with E-state index in [0.717, 1.165) is 28.5 Å². The summed E-state index contributed by atoms with van der Waals surface area (Å²) in [6.07, 6.45) is 2.94. The van der Waals surface area contributed by atoms with Gasteiger partial charge in [0, 0.05) is 47.1 Å². The second-order valence-corrected chi connectivity index (χ2v) is 12.1. The van der Waals surface area contributed by atoms with Gasteiger partial charge < -0.3 is 16.0 Å². The quantitative estimate of drug-likeness (QED) is 0.146. The summed E-state index contributed by atoms with van der Waals surface area (Å²) < 4.78 is 54.6. The van der Waals surface area contributed by atoms with Gasteiger partial charge in [-0.3, -0.25) is 0 Å². The van der Waals surface area contributed by atoms with Crippen LogP contribution in [0.3, 0.4) is 0 Å². The van der Waals surface area contributed by atoms with Crippen molar-refractivity contribution >= 4 is 62.0 Å². The van der Waals surface area contributed by atoms with E-state index in [4.69, 9.17) is 28.9 Å². The Bertz CT molecular complexity index is 2540. The van der Waals surface area contributed by atoms with E-state index in [9.17, 15) is 17.6 Å². The first-order valence-corrected chi connectivity index (χ1v) is 16.1. The molecule has 0 fully saturated rings. The molecule has 4 N–H and O–H groups in total. The molecule has 0 amide bonds. The number of nitrogens with two attached hydrogens (primary N) is 1. The molecule has 254 valence electrons. The maximum absolute atomic E-state index is 13.9. The first kappa shape index (κ1) is 33.8. The van der Waals surface area contributed by atoms with Crippen LogP contribution in [0.4, 0.5) is 23.4 Å². The summed E-state index contributed by atoms with van der Waals surface area (Å²) in [5, 5.41) is 5.82. The van der Waals surface area contributed by atoms with Crippen LogP contribution in [0, 0.1) is 23.3 Å². The number of aromatic nitrogens is 6. The highest BCUT2D eigenvalue weighted by Crippen LogP contribution is 2.32. The minimum atomic E-state index is -0.681. The number of benzene rings is 4. The molecule has 8 aromatic rings. The second kappa shape index (κ2) is 14.3. The van der Waals surface area contributed by atoms with Crippen molar-refractivity contribution in [3.05, 3.63) is 142 Å². The average molecular weight is 728 g/mol. The van der Waals surface area contributed by atoms with Gasteiger partial charge in [-0.1, -0.05) is 47.5 Å². The zero-order valence-corrected chi connectivity index (χ0v) is 27.7. The molecule has 0 aliphatic carbocycles. The van der Waals surface area contributed by atoms with Crippen LogP contribution in [-0.2, 0) is 13.1 Å². The van der Waals surface area contributed by atoms with Gasteiger partial charge in [-0.25, -0.2) is 42.5 Å². The first-order chi connectivity index (χ1) is 24.7. The third-order valence-electron chi connectivity index (χ3n) is 7.91. The summed E-state index contributed by atoms with van der Waals surface area (Å²) in [5.74, 6) is -2.12. The van der Waals surface area contributed by atoms with Crippen molar-refractivity contribution in [2.75, 3.05) is 5.32 Å². The minimum Gasteiger partial charge on any atom is -0.364 e. The molecule has 51 heavy (non-hydrogen) atoms. The molecule has 0 atom stereocenters. The van der Waals surface area contributed by atoms with Crippen LogP contribution < -0.4 is 11.1 Å². The zero-order valence-electron chi connectivity index (χ0n) is 26.2. The van der Waals surface area contributed by atoms with E-state index in [2.05, 4.69) is 35.2 Å². The summed E-state index contributed by atoms with van der Waals surface area (Å²) in [7, 11) is 0. The molecular formula is C37H24Cl2F4N8. The fourth-order valence-corrected chi connectivity index (χ4v) is 6.11. The maximum Gasteiger partial charge on any atom is 0.182 e. The van der Waals surface area contributed by atoms with Crippen LogP contribution in [0.15, 0.2) is 97.6 Å². The van der Waals surface area contributed by atoms with Crippen molar-refractivity contribution < 1.29 is 17.6 Å². The summed E-state index contributed by atoms with van der Waals surface area (Å²) in [5.41, 5.74) is 11.0. The van der Waals surface area contributed by atoms with Gasteiger partial charge in [0.25, 0.3) is 0 Å². The number of aromatic amines is 1. The molecule has 8 rings (SSSR count). The molecule has 0 aliphatic heterocycles. The number of nitrogens with one attached hydrogen (secondary N) is 2. The SMILES string of the molecule is Fc1cc(F)cc(-c2nc3c(Cl)cccc3cc2CNc2ncnc3nc[nH]c23)c1.NCc1cc2cccc(Cl)c2nc1-c1cc(F)cc(F)c1. The van der Waals surface area contributed by atoms with Crippen LogP contribution in [-0.4, -0.2) is 29.9 Å². The molecule has 8 nitrogen and oxygen atoms in total. The molecule has 4 heterocycles. The maximum atomic E-state index is 13.9. The molecule has 0 bridgehead atoms. The number of hydrogen-bond donors (Lipinski definition) is 3. The number of H-pyrrole nitrogens is 1. The number of para-hydroxylation sites is 2. The molecule has 0 radical (unpaired) electrons. The highest BCUT2D eigenvalue weighted by atomic mass is 35.5. The number of nitrogens with zero attached hydrogens (tertiary/aromatic N) is 5. The zero-order chi connectivity index (χ0) is 35.6. The number of rotatable bonds is 6. The summed E-state index contributed by atoms with van der Waals surface area (Å²) in [6, 6.07) is 21.1. The molecule has 0 unspecified atom stereocenters.